The van der Waals surface area contributed by atoms with Crippen LogP contribution in [-0.2, 0) is 7.05 Å². The molecule has 3 heterocycles. The third-order valence-corrected chi connectivity index (χ3v) is 5.50. The highest BCUT2D eigenvalue weighted by atomic mass is 35.5. The lowest BCUT2D eigenvalue weighted by atomic mass is 9.99. The van der Waals surface area contributed by atoms with Crippen LogP contribution in [-0.4, -0.2) is 33.4 Å². The molecule has 1 aliphatic heterocycles. The summed E-state index contributed by atoms with van der Waals surface area (Å²) in [6.45, 7) is 3.27. The largest absolute Gasteiger partial charge is 0.349 e. The highest BCUT2D eigenvalue weighted by Crippen LogP contribution is 2.30. The molecule has 6 heteroatoms. The number of aromatic nitrogens is 2. The minimum absolute atomic E-state index is 0.0804. The van der Waals surface area contributed by atoms with Gasteiger partial charge in [-0.3, -0.25) is 9.59 Å². The molecule has 1 aromatic carbocycles. The molecule has 26 heavy (non-hydrogen) atoms. The lowest BCUT2D eigenvalue weighted by Crippen LogP contribution is -2.29. The molecule has 2 aromatic heterocycles. The van der Waals surface area contributed by atoms with Crippen LogP contribution in [0.2, 0.25) is 5.02 Å². The molecule has 1 fully saturated rings. The first kappa shape index (κ1) is 16.9. The summed E-state index contributed by atoms with van der Waals surface area (Å²) in [5.41, 5.74) is 3.20. The second-order valence-corrected chi connectivity index (χ2v) is 7.40. The van der Waals surface area contributed by atoms with Gasteiger partial charge in [-0.15, -0.1) is 0 Å². The van der Waals surface area contributed by atoms with Crippen molar-refractivity contribution in [3.05, 3.63) is 68.7 Å². The van der Waals surface area contributed by atoms with Gasteiger partial charge in [0.2, 0.25) is 0 Å². The zero-order chi connectivity index (χ0) is 18.4. The second kappa shape index (κ2) is 6.32. The van der Waals surface area contributed by atoms with E-state index in [2.05, 4.69) is 4.98 Å². The van der Waals surface area contributed by atoms with Gasteiger partial charge in [-0.25, -0.2) is 0 Å². The topological polar surface area (TPSA) is 58.1 Å². The maximum Gasteiger partial charge on any atom is 0.258 e. The molecule has 5 nitrogen and oxygen atoms in total. The number of H-pyrrole nitrogens is 1. The first-order valence-corrected chi connectivity index (χ1v) is 9.05. The fraction of sp³-hybridized carbons (Fsp3) is 0.300. The number of carbonyl (C=O) groups excluding carboxylic acids is 1. The first-order valence-electron chi connectivity index (χ1n) is 8.67. The minimum atomic E-state index is -0.219. The fourth-order valence-electron chi connectivity index (χ4n) is 3.93. The van der Waals surface area contributed by atoms with Crippen molar-refractivity contribution in [2.45, 2.75) is 19.3 Å². The SMILES string of the molecule is Cc1c[nH]c(=O)c2c(C(=O)N3CCC(c4ccc(Cl)cc4)C3)cn(C)c12. The molecule has 1 amide bonds. The molecule has 1 atom stereocenters. The van der Waals surface area contributed by atoms with Crippen molar-refractivity contribution in [3.63, 3.8) is 0 Å². The third-order valence-electron chi connectivity index (χ3n) is 5.25. The maximum absolute atomic E-state index is 13.1. The van der Waals surface area contributed by atoms with Gasteiger partial charge in [0.15, 0.2) is 0 Å². The highest BCUT2D eigenvalue weighted by Gasteiger charge is 2.30. The van der Waals surface area contributed by atoms with Crippen molar-refractivity contribution in [1.29, 1.82) is 0 Å². The van der Waals surface area contributed by atoms with E-state index in [-0.39, 0.29) is 11.5 Å². The summed E-state index contributed by atoms with van der Waals surface area (Å²) in [4.78, 5) is 30.0. The number of aryl methyl sites for hydroxylation is 2. The summed E-state index contributed by atoms with van der Waals surface area (Å²) in [5.74, 6) is 0.217. The number of halogens is 1. The van der Waals surface area contributed by atoms with Gasteiger partial charge in [-0.1, -0.05) is 23.7 Å². The number of rotatable bonds is 2. The second-order valence-electron chi connectivity index (χ2n) is 6.97. The van der Waals surface area contributed by atoms with Crippen LogP contribution < -0.4 is 5.56 Å². The Kier molecular flexibility index (Phi) is 4.11. The van der Waals surface area contributed by atoms with Gasteiger partial charge in [-0.2, -0.15) is 0 Å². The summed E-state index contributed by atoms with van der Waals surface area (Å²) < 4.78 is 1.86. The van der Waals surface area contributed by atoms with Crippen molar-refractivity contribution in [1.82, 2.24) is 14.5 Å². The van der Waals surface area contributed by atoms with Crippen LogP contribution in [0.3, 0.4) is 0 Å². The predicted molar refractivity (Wildman–Crippen MR) is 103 cm³/mol. The van der Waals surface area contributed by atoms with Crippen molar-refractivity contribution in [2.75, 3.05) is 13.1 Å². The standard InChI is InChI=1S/C20H20ClN3O2/c1-12-9-22-19(25)17-16(11-23(2)18(12)17)20(26)24-8-7-14(10-24)13-3-5-15(21)6-4-13/h3-6,9,11,14H,7-8,10H2,1-2H3,(H,22,25). The average molecular weight is 370 g/mol. The van der Waals surface area contributed by atoms with Gasteiger partial charge >= 0.3 is 0 Å². The Morgan fingerprint density at radius 1 is 1.27 bits per heavy atom. The van der Waals surface area contributed by atoms with Crippen LogP contribution in [0.4, 0.5) is 0 Å². The normalized spacial score (nSPS) is 17.2. The van der Waals surface area contributed by atoms with Gasteiger partial charge in [0, 0.05) is 43.5 Å². The van der Waals surface area contributed by atoms with E-state index < -0.39 is 0 Å². The number of hydrogen-bond acceptors (Lipinski definition) is 2. The van der Waals surface area contributed by atoms with E-state index in [9.17, 15) is 9.59 Å². The molecule has 3 aromatic rings. The Morgan fingerprint density at radius 3 is 2.73 bits per heavy atom. The number of nitrogens with zero attached hydrogens (tertiary/aromatic N) is 2. The van der Waals surface area contributed by atoms with Crippen LogP contribution in [0.5, 0.6) is 0 Å². The summed E-state index contributed by atoms with van der Waals surface area (Å²) in [6, 6.07) is 7.81. The highest BCUT2D eigenvalue weighted by molar-refractivity contribution is 6.30. The quantitative estimate of drug-likeness (QED) is 0.752. The third kappa shape index (κ3) is 2.72. The molecule has 1 saturated heterocycles. The van der Waals surface area contributed by atoms with Crippen LogP contribution >= 0.6 is 11.6 Å². The number of amides is 1. The molecule has 0 spiro atoms. The number of likely N-dealkylation sites (tertiary alicyclic amines) is 1. The van der Waals surface area contributed by atoms with Crippen molar-refractivity contribution < 1.29 is 4.79 Å². The number of aromatic amines is 1. The van der Waals surface area contributed by atoms with E-state index in [4.69, 9.17) is 11.6 Å². The number of pyridine rings is 1. The van der Waals surface area contributed by atoms with Crippen LogP contribution in [0.15, 0.2) is 41.5 Å². The van der Waals surface area contributed by atoms with E-state index in [1.807, 2.05) is 47.7 Å². The van der Waals surface area contributed by atoms with Crippen LogP contribution in [0.25, 0.3) is 10.9 Å². The molecule has 1 unspecified atom stereocenters. The zero-order valence-corrected chi connectivity index (χ0v) is 15.5. The smallest absolute Gasteiger partial charge is 0.258 e. The summed E-state index contributed by atoms with van der Waals surface area (Å²) in [5, 5.41) is 1.19. The first-order chi connectivity index (χ1) is 12.5. The van der Waals surface area contributed by atoms with Crippen molar-refractivity contribution in [2.24, 2.45) is 7.05 Å². The lowest BCUT2D eigenvalue weighted by molar-refractivity contribution is 0.0792. The number of nitrogens with one attached hydrogen (secondary N) is 1. The molecule has 1 N–H and O–H groups in total. The van der Waals surface area contributed by atoms with E-state index in [1.165, 1.54) is 5.56 Å². The number of hydrogen-bond donors (Lipinski definition) is 1. The molecule has 0 radical (unpaired) electrons. The number of fused-ring (bicyclic) bond motifs is 1. The molecule has 134 valence electrons. The Hall–Kier alpha value is -2.53. The summed E-state index contributed by atoms with van der Waals surface area (Å²) in [7, 11) is 1.87. The number of carbonyl (C=O) groups is 1. The van der Waals surface area contributed by atoms with E-state index >= 15 is 0 Å². The van der Waals surface area contributed by atoms with Gasteiger partial charge in [0.05, 0.1) is 16.5 Å². The Balaban J connectivity index is 1.65. The molecular formula is C20H20ClN3O2. The Labute approximate surface area is 156 Å². The Morgan fingerprint density at radius 2 is 2.00 bits per heavy atom. The summed E-state index contributed by atoms with van der Waals surface area (Å²) >= 11 is 5.96. The summed E-state index contributed by atoms with van der Waals surface area (Å²) in [6.07, 6.45) is 4.36. The molecule has 0 saturated carbocycles. The molecular weight excluding hydrogens is 350 g/mol. The van der Waals surface area contributed by atoms with E-state index in [0.717, 1.165) is 17.5 Å². The maximum atomic E-state index is 13.1. The van der Waals surface area contributed by atoms with Crippen LogP contribution in [0, 0.1) is 6.92 Å². The minimum Gasteiger partial charge on any atom is -0.349 e. The molecule has 0 bridgehead atoms. The fourth-order valence-corrected chi connectivity index (χ4v) is 4.06. The van der Waals surface area contributed by atoms with Crippen molar-refractivity contribution >= 4 is 28.4 Å². The van der Waals surface area contributed by atoms with Gasteiger partial charge in [0.25, 0.3) is 11.5 Å². The van der Waals surface area contributed by atoms with E-state index in [1.54, 1.807) is 12.4 Å². The van der Waals surface area contributed by atoms with E-state index in [0.29, 0.717) is 35.0 Å². The number of benzene rings is 1. The molecule has 0 aliphatic carbocycles. The molecule has 1 aliphatic rings. The molecule has 4 rings (SSSR count). The van der Waals surface area contributed by atoms with Crippen molar-refractivity contribution in [3.8, 4) is 0 Å². The van der Waals surface area contributed by atoms with Gasteiger partial charge < -0.3 is 14.5 Å². The average Bonchev–Trinajstić information content (AvgIpc) is 3.24. The monoisotopic (exact) mass is 369 g/mol. The van der Waals surface area contributed by atoms with Gasteiger partial charge in [-0.05, 0) is 36.6 Å². The predicted octanol–water partition coefficient (Wildman–Crippen LogP) is 3.46. The Bertz CT molecular complexity index is 1050. The lowest BCUT2D eigenvalue weighted by Gasteiger charge is -2.16. The van der Waals surface area contributed by atoms with Gasteiger partial charge in [0.1, 0.15) is 0 Å². The van der Waals surface area contributed by atoms with Crippen LogP contribution in [0.1, 0.15) is 33.8 Å². The zero-order valence-electron chi connectivity index (χ0n) is 14.8.